The van der Waals surface area contributed by atoms with E-state index >= 15 is 0 Å². The Kier molecular flexibility index (Phi) is 9.09. The topological polar surface area (TPSA) is 75.6 Å². The van der Waals surface area contributed by atoms with Crippen molar-refractivity contribution < 1.29 is 17.7 Å². The Morgan fingerprint density at radius 2 is 1.80 bits per heavy atom. The smallest absolute Gasteiger partial charge is 0.319 e. The molecule has 0 spiro atoms. The molecule has 1 saturated carbocycles. The van der Waals surface area contributed by atoms with E-state index in [0.717, 1.165) is 31.1 Å². The average molecular weight is 388 g/mol. The first kappa shape index (κ1) is 20.6. The minimum Gasteiger partial charge on any atom is -0.494 e. The molecule has 0 unspecified atom stereocenters. The van der Waals surface area contributed by atoms with Gasteiger partial charge in [0.05, 0.1) is 6.61 Å². The molecule has 2 N–H and O–H groups in total. The molecule has 1 aromatic rings. The first-order valence-corrected chi connectivity index (χ1v) is 12.0. The average Bonchev–Trinajstić information content (AvgIpc) is 2.61. The second-order valence-electron chi connectivity index (χ2n) is 6.46. The number of ether oxygens (including phenoxy) is 1. The van der Waals surface area contributed by atoms with Crippen LogP contribution in [0, 0.1) is 0 Å². The minimum atomic E-state index is -3.91. The molecule has 1 fully saturated rings. The number of hydrogen-bond donors (Lipinski definition) is 2. The molecule has 5 nitrogen and oxygen atoms in total. The van der Waals surface area contributed by atoms with Crippen LogP contribution in [0.1, 0.15) is 56.4 Å². The third-order valence-corrected chi connectivity index (χ3v) is 6.55. The maximum absolute atomic E-state index is 10.5. The SMILES string of the molecule is O=S(=O)(O)SCCNCCCCOc1ccc(C2CCCCC2)cc1. The summed E-state index contributed by atoms with van der Waals surface area (Å²) in [6, 6.07) is 8.57. The van der Waals surface area contributed by atoms with Gasteiger partial charge >= 0.3 is 9.15 Å². The van der Waals surface area contributed by atoms with E-state index in [9.17, 15) is 8.42 Å². The van der Waals surface area contributed by atoms with E-state index in [4.69, 9.17) is 9.29 Å². The van der Waals surface area contributed by atoms with E-state index in [-0.39, 0.29) is 0 Å². The maximum Gasteiger partial charge on any atom is 0.319 e. The zero-order valence-corrected chi connectivity index (χ0v) is 16.3. The zero-order chi connectivity index (χ0) is 18.0. The number of rotatable bonds is 11. The number of hydrogen-bond acceptors (Lipinski definition) is 5. The summed E-state index contributed by atoms with van der Waals surface area (Å²) in [7, 11) is -3.36. The summed E-state index contributed by atoms with van der Waals surface area (Å²) in [5.41, 5.74) is 1.44. The van der Waals surface area contributed by atoms with Crippen LogP contribution in [0.15, 0.2) is 24.3 Å². The maximum atomic E-state index is 10.5. The number of nitrogens with one attached hydrogen (secondary N) is 1. The summed E-state index contributed by atoms with van der Waals surface area (Å²) in [5.74, 6) is 2.01. The summed E-state index contributed by atoms with van der Waals surface area (Å²) >= 11 is 0. The quantitative estimate of drug-likeness (QED) is 0.339. The highest BCUT2D eigenvalue weighted by molar-refractivity contribution is 8.69. The summed E-state index contributed by atoms with van der Waals surface area (Å²) < 4.78 is 35.4. The Morgan fingerprint density at radius 1 is 1.08 bits per heavy atom. The molecule has 0 amide bonds. The van der Waals surface area contributed by atoms with Crippen LogP contribution in [0.4, 0.5) is 0 Å². The van der Waals surface area contributed by atoms with Gasteiger partial charge in [-0.1, -0.05) is 31.4 Å². The lowest BCUT2D eigenvalue weighted by Crippen LogP contribution is -2.19. The third-order valence-electron chi connectivity index (χ3n) is 4.48. The normalized spacial score (nSPS) is 16.0. The molecule has 0 heterocycles. The standard InChI is InChI=1S/C18H29NO4S2/c20-25(21,22)24-15-13-19-12-4-5-14-23-18-10-8-17(9-11-18)16-6-2-1-3-7-16/h8-11,16,19H,1-7,12-15H2,(H,20,21,22). The Balaban J connectivity index is 1.52. The Morgan fingerprint density at radius 3 is 2.48 bits per heavy atom. The van der Waals surface area contributed by atoms with Gasteiger partial charge in [0.2, 0.25) is 0 Å². The van der Waals surface area contributed by atoms with Crippen LogP contribution >= 0.6 is 10.8 Å². The molecule has 0 radical (unpaired) electrons. The second-order valence-corrected chi connectivity index (χ2v) is 9.93. The highest BCUT2D eigenvalue weighted by Gasteiger charge is 2.15. The van der Waals surface area contributed by atoms with Crippen molar-refractivity contribution >= 4 is 19.9 Å². The van der Waals surface area contributed by atoms with Gasteiger partial charge in [-0.15, -0.1) is 0 Å². The molecule has 25 heavy (non-hydrogen) atoms. The summed E-state index contributed by atoms with van der Waals surface area (Å²) in [4.78, 5) is 0. The van der Waals surface area contributed by atoms with Crippen molar-refractivity contribution in [3.63, 3.8) is 0 Å². The highest BCUT2D eigenvalue weighted by atomic mass is 33.1. The van der Waals surface area contributed by atoms with Crippen molar-refractivity contribution in [1.82, 2.24) is 5.32 Å². The van der Waals surface area contributed by atoms with Crippen molar-refractivity contribution in [2.75, 3.05) is 25.4 Å². The fraction of sp³-hybridized carbons (Fsp3) is 0.667. The van der Waals surface area contributed by atoms with Gasteiger partial charge < -0.3 is 10.1 Å². The van der Waals surface area contributed by atoms with E-state index < -0.39 is 9.15 Å². The molecule has 0 aliphatic heterocycles. The van der Waals surface area contributed by atoms with Crippen molar-refractivity contribution in [3.8, 4) is 5.75 Å². The van der Waals surface area contributed by atoms with Crippen LogP contribution in [-0.2, 0) is 9.15 Å². The molecule has 1 aliphatic carbocycles. The van der Waals surface area contributed by atoms with Gasteiger partial charge in [0.1, 0.15) is 5.75 Å². The highest BCUT2D eigenvalue weighted by Crippen LogP contribution is 2.33. The van der Waals surface area contributed by atoms with Gasteiger partial charge in [-0.25, -0.2) is 0 Å². The minimum absolute atomic E-state index is 0.350. The zero-order valence-electron chi connectivity index (χ0n) is 14.7. The molecular weight excluding hydrogens is 358 g/mol. The predicted octanol–water partition coefficient (Wildman–Crippen LogP) is 4.02. The van der Waals surface area contributed by atoms with Crippen LogP contribution in [-0.4, -0.2) is 38.4 Å². The molecule has 0 aromatic heterocycles. The molecular formula is C18H29NO4S2. The fourth-order valence-electron chi connectivity index (χ4n) is 3.16. The van der Waals surface area contributed by atoms with E-state index in [2.05, 4.69) is 29.6 Å². The van der Waals surface area contributed by atoms with E-state index in [1.807, 2.05) is 0 Å². The molecule has 142 valence electrons. The van der Waals surface area contributed by atoms with Crippen LogP contribution in [0.5, 0.6) is 5.75 Å². The Bertz CT molecular complexity index is 584. The van der Waals surface area contributed by atoms with Crippen LogP contribution in [0.25, 0.3) is 0 Å². The summed E-state index contributed by atoms with van der Waals surface area (Å²) in [6.07, 6.45) is 8.63. The Labute approximate surface area is 155 Å². The monoisotopic (exact) mass is 387 g/mol. The molecule has 1 aromatic carbocycles. The van der Waals surface area contributed by atoms with Gasteiger partial charge in [-0.05, 0) is 66.6 Å². The van der Waals surface area contributed by atoms with Crippen molar-refractivity contribution in [2.45, 2.75) is 50.9 Å². The van der Waals surface area contributed by atoms with E-state index in [1.165, 1.54) is 37.7 Å². The largest absolute Gasteiger partial charge is 0.494 e. The van der Waals surface area contributed by atoms with Gasteiger partial charge in [0, 0.05) is 12.3 Å². The lowest BCUT2D eigenvalue weighted by Gasteiger charge is -2.22. The van der Waals surface area contributed by atoms with Crippen molar-refractivity contribution in [3.05, 3.63) is 29.8 Å². The molecule has 7 heteroatoms. The van der Waals surface area contributed by atoms with E-state index in [0.29, 0.717) is 29.7 Å². The summed E-state index contributed by atoms with van der Waals surface area (Å²) in [6.45, 7) is 2.06. The fourth-order valence-corrected chi connectivity index (χ4v) is 4.48. The van der Waals surface area contributed by atoms with Crippen LogP contribution < -0.4 is 10.1 Å². The van der Waals surface area contributed by atoms with Gasteiger partial charge in [-0.3, -0.25) is 4.55 Å². The van der Waals surface area contributed by atoms with Crippen LogP contribution in [0.2, 0.25) is 0 Å². The molecule has 0 bridgehead atoms. The molecule has 0 atom stereocenters. The Hall–Kier alpha value is -0.760. The number of benzene rings is 1. The lowest BCUT2D eigenvalue weighted by atomic mass is 9.84. The van der Waals surface area contributed by atoms with Crippen molar-refractivity contribution in [2.24, 2.45) is 0 Å². The van der Waals surface area contributed by atoms with Crippen LogP contribution in [0.3, 0.4) is 0 Å². The molecule has 1 aliphatic rings. The third kappa shape index (κ3) is 8.94. The first-order chi connectivity index (χ1) is 12.0. The van der Waals surface area contributed by atoms with Crippen molar-refractivity contribution in [1.29, 1.82) is 0 Å². The first-order valence-electron chi connectivity index (χ1n) is 9.10. The molecule has 0 saturated heterocycles. The van der Waals surface area contributed by atoms with E-state index in [1.54, 1.807) is 0 Å². The number of unbranched alkanes of at least 4 members (excludes halogenated alkanes) is 1. The van der Waals surface area contributed by atoms with Gasteiger partial charge in [0.25, 0.3) is 0 Å². The summed E-state index contributed by atoms with van der Waals surface area (Å²) in [5, 5.41) is 3.15. The van der Waals surface area contributed by atoms with Gasteiger partial charge in [0.15, 0.2) is 0 Å². The second kappa shape index (κ2) is 11.1. The van der Waals surface area contributed by atoms with Gasteiger partial charge in [-0.2, -0.15) is 8.42 Å². The predicted molar refractivity (Wildman–Crippen MR) is 104 cm³/mol. The lowest BCUT2D eigenvalue weighted by molar-refractivity contribution is 0.306. The molecule has 2 rings (SSSR count).